The molecule has 28 heavy (non-hydrogen) atoms. The second-order valence-corrected chi connectivity index (χ2v) is 7.51. The first-order valence-electron chi connectivity index (χ1n) is 9.11. The Morgan fingerprint density at radius 1 is 0.786 bits per heavy atom. The number of ether oxygens (including phenoxy) is 4. The van der Waals surface area contributed by atoms with Crippen molar-refractivity contribution in [2.75, 3.05) is 28.4 Å². The Morgan fingerprint density at radius 2 is 1.32 bits per heavy atom. The molecular weight excluding hydrogens is 378 g/mol. The van der Waals surface area contributed by atoms with Gasteiger partial charge in [0.05, 0.1) is 28.4 Å². The zero-order valence-electron chi connectivity index (χ0n) is 17.5. The van der Waals surface area contributed by atoms with E-state index in [0.717, 1.165) is 42.5 Å². The molecule has 2 aromatic rings. The zero-order valence-corrected chi connectivity index (χ0v) is 18.3. The number of hydrogen-bond acceptors (Lipinski definition) is 5. The fraction of sp³-hybridized carbons (Fsp3) is 0.455. The molecule has 0 radical (unpaired) electrons. The highest BCUT2D eigenvalue weighted by Crippen LogP contribution is 2.38. The van der Waals surface area contributed by atoms with Crippen LogP contribution in [-0.4, -0.2) is 38.9 Å². The molecule has 0 aliphatic carbocycles. The topological polar surface area (TPSA) is 40.2 Å². The summed E-state index contributed by atoms with van der Waals surface area (Å²) in [7, 11) is 6.69. The molecule has 0 bridgehead atoms. The van der Waals surface area contributed by atoms with Gasteiger partial charge in [0.1, 0.15) is 0 Å². The molecule has 3 rings (SSSR count). The van der Waals surface area contributed by atoms with Gasteiger partial charge in [0, 0.05) is 18.6 Å². The third-order valence-electron chi connectivity index (χ3n) is 5.37. The molecule has 0 aromatic heterocycles. The van der Waals surface area contributed by atoms with Crippen molar-refractivity contribution < 1.29 is 18.9 Å². The van der Waals surface area contributed by atoms with Crippen LogP contribution in [0.25, 0.3) is 0 Å². The van der Waals surface area contributed by atoms with Gasteiger partial charge >= 0.3 is 0 Å². The largest absolute Gasteiger partial charge is 0.493 e. The fourth-order valence-electron chi connectivity index (χ4n) is 3.74. The summed E-state index contributed by atoms with van der Waals surface area (Å²) >= 11 is 0. The summed E-state index contributed by atoms with van der Waals surface area (Å²) in [5.74, 6) is 3.08. The molecule has 5 nitrogen and oxygen atoms in total. The zero-order chi connectivity index (χ0) is 19.6. The average Bonchev–Trinajstić information content (AvgIpc) is 2.67. The normalized spacial score (nSPS) is 15.2. The van der Waals surface area contributed by atoms with Crippen LogP contribution in [0.1, 0.15) is 30.5 Å². The number of methoxy groups -OCH3 is 4. The maximum Gasteiger partial charge on any atom is 0.161 e. The van der Waals surface area contributed by atoms with Gasteiger partial charge in [-0.1, -0.05) is 6.07 Å². The Labute approximate surface area is 173 Å². The fourth-order valence-corrected chi connectivity index (χ4v) is 3.74. The van der Waals surface area contributed by atoms with E-state index in [4.69, 9.17) is 18.9 Å². The van der Waals surface area contributed by atoms with Crippen molar-refractivity contribution in [3.8, 4) is 23.0 Å². The first-order chi connectivity index (χ1) is 12.9. The molecule has 0 spiro atoms. The Hall–Kier alpha value is -2.11. The SMILES string of the molecule is COc1ccc(CN2Cc3cc(OC)c(OC)cc3CC2(C)C)cc1OC.Cl. The highest BCUT2D eigenvalue weighted by Gasteiger charge is 2.33. The van der Waals surface area contributed by atoms with E-state index in [9.17, 15) is 0 Å². The van der Waals surface area contributed by atoms with E-state index in [-0.39, 0.29) is 17.9 Å². The minimum absolute atomic E-state index is 0. The summed E-state index contributed by atoms with van der Waals surface area (Å²) in [6.07, 6.45) is 0.954. The van der Waals surface area contributed by atoms with Gasteiger partial charge in [0.15, 0.2) is 23.0 Å². The third-order valence-corrected chi connectivity index (χ3v) is 5.37. The number of hydrogen-bond donors (Lipinski definition) is 0. The number of rotatable bonds is 6. The number of benzene rings is 2. The Bertz CT molecular complexity index is 822. The van der Waals surface area contributed by atoms with Gasteiger partial charge in [-0.15, -0.1) is 12.4 Å². The molecule has 0 fully saturated rings. The highest BCUT2D eigenvalue weighted by molar-refractivity contribution is 5.85. The quantitative estimate of drug-likeness (QED) is 0.706. The van der Waals surface area contributed by atoms with E-state index in [1.165, 1.54) is 16.7 Å². The smallest absolute Gasteiger partial charge is 0.161 e. The van der Waals surface area contributed by atoms with E-state index in [1.807, 2.05) is 6.07 Å². The molecule has 1 heterocycles. The van der Waals surface area contributed by atoms with Crippen LogP contribution < -0.4 is 18.9 Å². The summed E-state index contributed by atoms with van der Waals surface area (Å²) in [5.41, 5.74) is 3.83. The van der Waals surface area contributed by atoms with Crippen molar-refractivity contribution in [2.24, 2.45) is 0 Å². The van der Waals surface area contributed by atoms with Crippen LogP contribution >= 0.6 is 12.4 Å². The van der Waals surface area contributed by atoms with Gasteiger partial charge in [0.2, 0.25) is 0 Å². The van der Waals surface area contributed by atoms with Crippen molar-refractivity contribution in [3.63, 3.8) is 0 Å². The molecule has 0 N–H and O–H groups in total. The van der Waals surface area contributed by atoms with Crippen molar-refractivity contribution in [2.45, 2.75) is 38.9 Å². The van der Waals surface area contributed by atoms with Crippen LogP contribution in [0, 0.1) is 0 Å². The Balaban J connectivity index is 0.00000280. The summed E-state index contributed by atoms with van der Waals surface area (Å²) in [6, 6.07) is 10.3. The van der Waals surface area contributed by atoms with Crippen molar-refractivity contribution in [1.29, 1.82) is 0 Å². The van der Waals surface area contributed by atoms with Crippen molar-refractivity contribution in [3.05, 3.63) is 47.0 Å². The molecule has 6 heteroatoms. The monoisotopic (exact) mass is 407 g/mol. The first kappa shape index (κ1) is 22.2. The van der Waals surface area contributed by atoms with E-state index < -0.39 is 0 Å². The molecule has 2 aromatic carbocycles. The van der Waals surface area contributed by atoms with Crippen LogP contribution in [0.15, 0.2) is 30.3 Å². The van der Waals surface area contributed by atoms with E-state index in [2.05, 4.69) is 43.0 Å². The lowest BCUT2D eigenvalue weighted by molar-refractivity contribution is 0.0886. The number of halogens is 1. The van der Waals surface area contributed by atoms with E-state index in [1.54, 1.807) is 28.4 Å². The van der Waals surface area contributed by atoms with Crippen molar-refractivity contribution in [1.82, 2.24) is 4.90 Å². The Kier molecular flexibility index (Phi) is 7.07. The van der Waals surface area contributed by atoms with Crippen LogP contribution in [0.3, 0.4) is 0 Å². The molecule has 0 saturated heterocycles. The predicted octanol–water partition coefficient (Wildman–Crippen LogP) is 4.48. The molecule has 1 aliphatic rings. The van der Waals surface area contributed by atoms with Crippen LogP contribution in [0.4, 0.5) is 0 Å². The number of nitrogens with zero attached hydrogens (tertiary/aromatic N) is 1. The van der Waals surface area contributed by atoms with Crippen LogP contribution in [0.2, 0.25) is 0 Å². The lowest BCUT2D eigenvalue weighted by atomic mass is 9.85. The molecule has 0 atom stereocenters. The minimum atomic E-state index is 0. The summed E-state index contributed by atoms with van der Waals surface area (Å²) < 4.78 is 21.8. The maximum absolute atomic E-state index is 5.49. The molecule has 0 saturated carbocycles. The number of fused-ring (bicyclic) bond motifs is 1. The first-order valence-corrected chi connectivity index (χ1v) is 9.11. The van der Waals surface area contributed by atoms with Crippen LogP contribution in [0.5, 0.6) is 23.0 Å². The van der Waals surface area contributed by atoms with E-state index >= 15 is 0 Å². The van der Waals surface area contributed by atoms with Gasteiger partial charge in [-0.05, 0) is 61.2 Å². The predicted molar refractivity (Wildman–Crippen MR) is 113 cm³/mol. The molecule has 154 valence electrons. The molecule has 1 aliphatic heterocycles. The maximum atomic E-state index is 5.49. The Morgan fingerprint density at radius 3 is 1.89 bits per heavy atom. The third kappa shape index (κ3) is 4.31. The molecular formula is C22H30ClNO4. The molecule has 0 amide bonds. The standard InChI is InChI=1S/C22H29NO4.ClH/c1-22(2)12-16-10-20(26-5)21(27-6)11-17(16)14-23(22)13-15-7-8-18(24-3)19(9-15)25-4;/h7-11H,12-14H2,1-6H3;1H. The van der Waals surface area contributed by atoms with E-state index in [0.29, 0.717) is 0 Å². The second kappa shape index (κ2) is 8.93. The van der Waals surface area contributed by atoms with Gasteiger partial charge in [-0.2, -0.15) is 0 Å². The average molecular weight is 408 g/mol. The van der Waals surface area contributed by atoms with Gasteiger partial charge in [0.25, 0.3) is 0 Å². The van der Waals surface area contributed by atoms with Crippen LogP contribution in [-0.2, 0) is 19.5 Å². The lowest BCUT2D eigenvalue weighted by Gasteiger charge is -2.43. The summed E-state index contributed by atoms with van der Waals surface area (Å²) in [5, 5.41) is 0. The van der Waals surface area contributed by atoms with Gasteiger partial charge < -0.3 is 18.9 Å². The minimum Gasteiger partial charge on any atom is -0.493 e. The lowest BCUT2D eigenvalue weighted by Crippen LogP contribution is -2.47. The van der Waals surface area contributed by atoms with Crippen molar-refractivity contribution >= 4 is 12.4 Å². The second-order valence-electron chi connectivity index (χ2n) is 7.51. The van der Waals surface area contributed by atoms with Gasteiger partial charge in [-0.3, -0.25) is 4.90 Å². The summed E-state index contributed by atoms with van der Waals surface area (Å²) in [6.45, 7) is 6.26. The highest BCUT2D eigenvalue weighted by atomic mass is 35.5. The summed E-state index contributed by atoms with van der Waals surface area (Å²) in [4.78, 5) is 2.49. The van der Waals surface area contributed by atoms with Gasteiger partial charge in [-0.25, -0.2) is 0 Å². The molecule has 0 unspecified atom stereocenters.